The summed E-state index contributed by atoms with van der Waals surface area (Å²) >= 11 is 8.46. The minimum absolute atomic E-state index is 0.0192. The molecule has 0 aliphatic carbocycles. The standard InChI is InChI=1S/C28H30ClN5O2S/c1-16-18(7-5-8-19(16)22-13-17(15-35)28(32-22)37-4)20-9-6-10-21(25(20)29)31-27(36)26-30-23-14-33(2)12-11-24(23)34(26)3/h5-10,13,32,35H,11-12,14-15H2,1-4H3,(H,31,36). The molecule has 4 aromatic rings. The first kappa shape index (κ1) is 25.6. The molecule has 0 saturated carbocycles. The van der Waals surface area contributed by atoms with Crippen LogP contribution in [0.15, 0.2) is 47.5 Å². The molecular formula is C28H30ClN5O2S. The number of amides is 1. The highest BCUT2D eigenvalue weighted by atomic mass is 35.5. The number of carbonyl (C=O) groups excluding carboxylic acids is 1. The highest BCUT2D eigenvalue weighted by Crippen LogP contribution is 2.39. The Hall–Kier alpha value is -3.04. The van der Waals surface area contributed by atoms with Crippen LogP contribution < -0.4 is 5.32 Å². The van der Waals surface area contributed by atoms with E-state index in [2.05, 4.69) is 40.2 Å². The number of hydrogen-bond acceptors (Lipinski definition) is 5. The second-order valence-corrected chi connectivity index (χ2v) is 10.6. The molecule has 3 N–H and O–H groups in total. The average molecular weight is 536 g/mol. The average Bonchev–Trinajstić information content (AvgIpc) is 3.46. The molecule has 2 aromatic heterocycles. The number of carbonyl (C=O) groups is 1. The number of aliphatic hydroxyl groups is 1. The molecule has 0 bridgehead atoms. The van der Waals surface area contributed by atoms with Crippen molar-refractivity contribution in [3.8, 4) is 22.4 Å². The molecule has 7 nitrogen and oxygen atoms in total. The Bertz CT molecular complexity index is 1470. The SMILES string of the molecule is CSc1[nH]c(-c2cccc(-c3cccc(NC(=O)c4nc5c(n4C)CCN(C)C5)c3Cl)c2C)cc1CO. The van der Waals surface area contributed by atoms with Crippen LogP contribution in [0.25, 0.3) is 22.4 Å². The largest absolute Gasteiger partial charge is 0.392 e. The number of nitrogens with one attached hydrogen (secondary N) is 2. The van der Waals surface area contributed by atoms with E-state index in [-0.39, 0.29) is 12.5 Å². The van der Waals surface area contributed by atoms with Crippen LogP contribution in [0.3, 0.4) is 0 Å². The number of thioether (sulfide) groups is 1. The van der Waals surface area contributed by atoms with Gasteiger partial charge in [-0.3, -0.25) is 4.79 Å². The Morgan fingerprint density at radius 3 is 2.65 bits per heavy atom. The van der Waals surface area contributed by atoms with Gasteiger partial charge in [-0.25, -0.2) is 4.98 Å². The lowest BCUT2D eigenvalue weighted by Gasteiger charge is -2.21. The van der Waals surface area contributed by atoms with Gasteiger partial charge < -0.3 is 24.9 Å². The molecular weight excluding hydrogens is 506 g/mol. The van der Waals surface area contributed by atoms with E-state index in [1.807, 2.05) is 54.3 Å². The zero-order chi connectivity index (χ0) is 26.3. The number of fused-ring (bicyclic) bond motifs is 1. The minimum atomic E-state index is -0.281. The zero-order valence-corrected chi connectivity index (χ0v) is 22.9. The lowest BCUT2D eigenvalue weighted by atomic mass is 9.94. The normalized spacial score (nSPS) is 13.6. The van der Waals surface area contributed by atoms with Gasteiger partial charge in [0.2, 0.25) is 0 Å². The van der Waals surface area contributed by atoms with Crippen LogP contribution in [0.2, 0.25) is 5.02 Å². The first-order valence-corrected chi connectivity index (χ1v) is 13.7. The number of benzene rings is 2. The fourth-order valence-corrected chi connectivity index (χ4v) is 5.89. The Morgan fingerprint density at radius 1 is 1.19 bits per heavy atom. The summed E-state index contributed by atoms with van der Waals surface area (Å²) in [5.74, 6) is 0.104. The fourth-order valence-electron chi connectivity index (χ4n) is 5.02. The van der Waals surface area contributed by atoms with Crippen molar-refractivity contribution in [3.63, 3.8) is 0 Å². The molecule has 3 heterocycles. The molecule has 5 rings (SSSR count). The van der Waals surface area contributed by atoms with Crippen LogP contribution in [0.5, 0.6) is 0 Å². The third-order valence-corrected chi connectivity index (χ3v) is 8.22. The number of anilines is 1. The number of aliphatic hydroxyl groups excluding tert-OH is 1. The number of aromatic amines is 1. The number of halogens is 1. The van der Waals surface area contributed by atoms with E-state index in [0.29, 0.717) is 16.5 Å². The van der Waals surface area contributed by atoms with Gasteiger partial charge in [0.15, 0.2) is 5.82 Å². The number of likely N-dealkylation sites (N-methyl/N-ethyl adjacent to an activating group) is 1. The lowest BCUT2D eigenvalue weighted by Crippen LogP contribution is -2.27. The van der Waals surface area contributed by atoms with Crippen molar-refractivity contribution in [2.45, 2.75) is 31.5 Å². The van der Waals surface area contributed by atoms with Crippen LogP contribution in [0.1, 0.15) is 33.1 Å². The number of hydrogen-bond donors (Lipinski definition) is 3. The number of H-pyrrole nitrogens is 1. The fraction of sp³-hybridized carbons (Fsp3) is 0.286. The number of aromatic nitrogens is 3. The van der Waals surface area contributed by atoms with Crippen LogP contribution in [-0.2, 0) is 26.6 Å². The van der Waals surface area contributed by atoms with Gasteiger partial charge in [0.05, 0.1) is 28.0 Å². The molecule has 2 aromatic carbocycles. The molecule has 192 valence electrons. The van der Waals surface area contributed by atoms with Gasteiger partial charge in [0.1, 0.15) is 0 Å². The summed E-state index contributed by atoms with van der Waals surface area (Å²) in [5, 5.41) is 14.1. The smallest absolute Gasteiger partial charge is 0.291 e. The molecule has 1 aliphatic heterocycles. The second kappa shape index (κ2) is 10.4. The Labute approximate surface area is 225 Å². The van der Waals surface area contributed by atoms with E-state index in [1.54, 1.807) is 11.8 Å². The van der Waals surface area contributed by atoms with E-state index in [0.717, 1.165) is 69.4 Å². The highest BCUT2D eigenvalue weighted by molar-refractivity contribution is 7.98. The van der Waals surface area contributed by atoms with Gasteiger partial charge in [-0.15, -0.1) is 11.8 Å². The van der Waals surface area contributed by atoms with Crippen molar-refractivity contribution in [3.05, 3.63) is 75.8 Å². The monoisotopic (exact) mass is 535 g/mol. The molecule has 1 aliphatic rings. The summed E-state index contributed by atoms with van der Waals surface area (Å²) in [6, 6.07) is 13.7. The minimum Gasteiger partial charge on any atom is -0.392 e. The predicted molar refractivity (Wildman–Crippen MR) is 150 cm³/mol. The molecule has 0 fully saturated rings. The maximum atomic E-state index is 13.2. The van der Waals surface area contributed by atoms with Crippen LogP contribution in [0.4, 0.5) is 5.69 Å². The van der Waals surface area contributed by atoms with Gasteiger partial charge in [-0.2, -0.15) is 0 Å². The summed E-state index contributed by atoms with van der Waals surface area (Å²) in [6.07, 6.45) is 2.85. The molecule has 0 atom stereocenters. The van der Waals surface area contributed by atoms with Crippen molar-refractivity contribution < 1.29 is 9.90 Å². The van der Waals surface area contributed by atoms with Crippen molar-refractivity contribution in [2.75, 3.05) is 25.2 Å². The predicted octanol–water partition coefficient (Wildman–Crippen LogP) is 5.50. The first-order chi connectivity index (χ1) is 17.8. The summed E-state index contributed by atoms with van der Waals surface area (Å²) in [7, 11) is 3.95. The van der Waals surface area contributed by atoms with Gasteiger partial charge >= 0.3 is 0 Å². The van der Waals surface area contributed by atoms with Gasteiger partial charge in [0, 0.05) is 54.6 Å². The third-order valence-electron chi connectivity index (χ3n) is 7.04. The zero-order valence-electron chi connectivity index (χ0n) is 21.4. The number of nitrogens with zero attached hydrogens (tertiary/aromatic N) is 3. The topological polar surface area (TPSA) is 86.2 Å². The van der Waals surface area contributed by atoms with Gasteiger partial charge in [0.25, 0.3) is 5.91 Å². The van der Waals surface area contributed by atoms with Crippen LogP contribution >= 0.6 is 23.4 Å². The molecule has 9 heteroatoms. The second-order valence-electron chi connectivity index (χ2n) is 9.37. The van der Waals surface area contributed by atoms with Crippen molar-refractivity contribution in [1.29, 1.82) is 0 Å². The van der Waals surface area contributed by atoms with Crippen molar-refractivity contribution in [1.82, 2.24) is 19.4 Å². The van der Waals surface area contributed by atoms with Crippen LogP contribution in [0, 0.1) is 6.92 Å². The van der Waals surface area contributed by atoms with Gasteiger partial charge in [-0.1, -0.05) is 41.9 Å². The highest BCUT2D eigenvalue weighted by Gasteiger charge is 2.24. The van der Waals surface area contributed by atoms with Crippen LogP contribution in [-0.4, -0.2) is 50.3 Å². The molecule has 1 amide bonds. The molecule has 0 saturated heterocycles. The first-order valence-electron chi connectivity index (χ1n) is 12.1. The van der Waals surface area contributed by atoms with Gasteiger partial charge in [-0.05, 0) is 43.5 Å². The quantitative estimate of drug-likeness (QED) is 0.284. The van der Waals surface area contributed by atoms with E-state index in [4.69, 9.17) is 11.6 Å². The van der Waals surface area contributed by atoms with E-state index >= 15 is 0 Å². The molecule has 0 radical (unpaired) electrons. The Morgan fingerprint density at radius 2 is 1.92 bits per heavy atom. The number of imidazole rings is 1. The summed E-state index contributed by atoms with van der Waals surface area (Å²) < 4.78 is 1.89. The van der Waals surface area contributed by atoms with E-state index in [1.165, 1.54) is 0 Å². The number of rotatable bonds is 6. The van der Waals surface area contributed by atoms with Crippen molar-refractivity contribution in [2.24, 2.45) is 7.05 Å². The summed E-state index contributed by atoms with van der Waals surface area (Å²) in [4.78, 5) is 23.5. The maximum Gasteiger partial charge on any atom is 0.291 e. The van der Waals surface area contributed by atoms with Crippen molar-refractivity contribution >= 4 is 35.0 Å². The Kier molecular flexibility index (Phi) is 7.18. The summed E-state index contributed by atoms with van der Waals surface area (Å²) in [5.41, 5.74) is 8.29. The molecule has 0 unspecified atom stereocenters. The van der Waals surface area contributed by atoms with E-state index < -0.39 is 0 Å². The molecule has 37 heavy (non-hydrogen) atoms. The Balaban J connectivity index is 1.47. The molecule has 0 spiro atoms. The maximum absolute atomic E-state index is 13.2. The summed E-state index contributed by atoms with van der Waals surface area (Å²) in [6.45, 7) is 3.72. The van der Waals surface area contributed by atoms with E-state index in [9.17, 15) is 9.90 Å². The third kappa shape index (κ3) is 4.70. The lowest BCUT2D eigenvalue weighted by molar-refractivity contribution is 0.101.